The summed E-state index contributed by atoms with van der Waals surface area (Å²) in [6.07, 6.45) is 2.94. The molecule has 1 aromatic heterocycles. The molecule has 2 aromatic carbocycles. The maximum absolute atomic E-state index is 13.6. The first kappa shape index (κ1) is 27.5. The smallest absolute Gasteiger partial charge is 0.244 e. The van der Waals surface area contributed by atoms with Crippen LogP contribution < -0.4 is 0 Å². The summed E-state index contributed by atoms with van der Waals surface area (Å²) in [7, 11) is 1.68. The van der Waals surface area contributed by atoms with E-state index < -0.39 is 0 Å². The van der Waals surface area contributed by atoms with Crippen molar-refractivity contribution in [2.75, 3.05) is 59.7 Å². The van der Waals surface area contributed by atoms with Crippen LogP contribution in [0.5, 0.6) is 0 Å². The summed E-state index contributed by atoms with van der Waals surface area (Å²) in [6, 6.07) is 19.0. The number of hydrogen-bond acceptors (Lipinski definition) is 7. The predicted octanol–water partition coefficient (Wildman–Crippen LogP) is 3.40. The van der Waals surface area contributed by atoms with Crippen molar-refractivity contribution in [2.45, 2.75) is 13.0 Å². The fraction of sp³-hybridized carbons (Fsp3) is 0.419. The minimum absolute atomic E-state index is 0.0652. The standard InChI is InChI=1S/C31H34N6O3/c1-39-12-13-40-11-10-35-18-25-14-26(19-35)21-36(20-25)30(38)22-37-31(28-8-4-24(16-33)5-9-28)29(17-34-37)27-6-2-23(15-32)3-7-27/h2-9,17,25-26H,10-14,18-22H2,1H3. The quantitative estimate of drug-likeness (QED) is 0.364. The molecule has 0 radical (unpaired) electrons. The van der Waals surface area contributed by atoms with Crippen LogP contribution in [0, 0.1) is 34.5 Å². The van der Waals surface area contributed by atoms with E-state index in [1.54, 1.807) is 42.3 Å². The molecule has 206 valence electrons. The van der Waals surface area contributed by atoms with Crippen molar-refractivity contribution in [3.05, 3.63) is 65.9 Å². The Bertz CT molecular complexity index is 1370. The molecule has 9 heteroatoms. The Kier molecular flexibility index (Phi) is 8.87. The lowest BCUT2D eigenvalue weighted by Gasteiger charge is -2.45. The summed E-state index contributed by atoms with van der Waals surface area (Å²) in [5, 5.41) is 23.1. The molecule has 2 bridgehead atoms. The molecule has 1 amide bonds. The summed E-state index contributed by atoms with van der Waals surface area (Å²) in [5.41, 5.74) is 4.64. The van der Waals surface area contributed by atoms with Crippen molar-refractivity contribution in [2.24, 2.45) is 11.8 Å². The first-order valence-corrected chi connectivity index (χ1v) is 13.7. The van der Waals surface area contributed by atoms with E-state index in [9.17, 15) is 15.3 Å². The molecule has 2 saturated heterocycles. The van der Waals surface area contributed by atoms with Gasteiger partial charge in [-0.05, 0) is 48.1 Å². The molecule has 0 N–H and O–H groups in total. The third-order valence-corrected chi connectivity index (χ3v) is 7.73. The normalized spacial score (nSPS) is 18.7. The zero-order chi connectivity index (χ0) is 27.9. The SMILES string of the molecule is COCCOCCN1CC2CC(C1)CN(C(=O)Cn1ncc(-c3ccc(C#N)cc3)c1-c1ccc(C#N)cc1)C2. The topological polar surface area (TPSA) is 107 Å². The molecule has 2 aliphatic heterocycles. The van der Waals surface area contributed by atoms with Gasteiger partial charge >= 0.3 is 0 Å². The van der Waals surface area contributed by atoms with E-state index >= 15 is 0 Å². The molecule has 2 fully saturated rings. The minimum atomic E-state index is 0.0652. The van der Waals surface area contributed by atoms with Crippen LogP contribution in [0.4, 0.5) is 0 Å². The maximum atomic E-state index is 13.6. The van der Waals surface area contributed by atoms with Gasteiger partial charge in [0, 0.05) is 51.0 Å². The van der Waals surface area contributed by atoms with E-state index in [-0.39, 0.29) is 12.5 Å². The van der Waals surface area contributed by atoms with E-state index in [1.807, 2.05) is 29.2 Å². The molecule has 40 heavy (non-hydrogen) atoms. The summed E-state index contributed by atoms with van der Waals surface area (Å²) in [6.45, 7) is 6.45. The number of benzene rings is 2. The van der Waals surface area contributed by atoms with Crippen molar-refractivity contribution in [1.82, 2.24) is 19.6 Å². The maximum Gasteiger partial charge on any atom is 0.244 e. The lowest BCUT2D eigenvalue weighted by atomic mass is 9.84. The van der Waals surface area contributed by atoms with Crippen LogP contribution in [0.3, 0.4) is 0 Å². The number of ether oxygens (including phenoxy) is 2. The third kappa shape index (κ3) is 6.40. The van der Waals surface area contributed by atoms with Gasteiger partial charge in [-0.15, -0.1) is 0 Å². The number of fused-ring (bicyclic) bond motifs is 2. The van der Waals surface area contributed by atoms with Crippen LogP contribution in [0.2, 0.25) is 0 Å². The van der Waals surface area contributed by atoms with Crippen molar-refractivity contribution in [3.63, 3.8) is 0 Å². The monoisotopic (exact) mass is 538 g/mol. The van der Waals surface area contributed by atoms with Crippen molar-refractivity contribution in [1.29, 1.82) is 10.5 Å². The van der Waals surface area contributed by atoms with Crippen LogP contribution in [-0.4, -0.2) is 85.1 Å². The number of rotatable bonds is 10. The van der Waals surface area contributed by atoms with Gasteiger partial charge in [0.25, 0.3) is 0 Å². The van der Waals surface area contributed by atoms with Crippen LogP contribution in [0.15, 0.2) is 54.7 Å². The highest BCUT2D eigenvalue weighted by molar-refractivity contribution is 5.83. The van der Waals surface area contributed by atoms with Gasteiger partial charge < -0.3 is 19.3 Å². The zero-order valence-electron chi connectivity index (χ0n) is 22.8. The summed E-state index contributed by atoms with van der Waals surface area (Å²) in [4.78, 5) is 18.1. The van der Waals surface area contributed by atoms with Gasteiger partial charge in [0.1, 0.15) is 6.54 Å². The molecule has 5 rings (SSSR count). The lowest BCUT2D eigenvalue weighted by Crippen LogP contribution is -2.55. The average molecular weight is 539 g/mol. The van der Waals surface area contributed by atoms with Gasteiger partial charge in [-0.2, -0.15) is 15.6 Å². The molecule has 0 saturated carbocycles. The number of nitrogens with zero attached hydrogens (tertiary/aromatic N) is 6. The van der Waals surface area contributed by atoms with Gasteiger partial charge in [-0.1, -0.05) is 24.3 Å². The van der Waals surface area contributed by atoms with Crippen LogP contribution >= 0.6 is 0 Å². The Morgan fingerprint density at radius 1 is 0.900 bits per heavy atom. The number of carbonyl (C=O) groups excluding carboxylic acids is 1. The number of likely N-dealkylation sites (tertiary alicyclic amines) is 2. The molecule has 3 aromatic rings. The average Bonchev–Trinajstić information content (AvgIpc) is 3.40. The van der Waals surface area contributed by atoms with Gasteiger partial charge in [0.2, 0.25) is 5.91 Å². The highest BCUT2D eigenvalue weighted by Gasteiger charge is 2.36. The van der Waals surface area contributed by atoms with E-state index in [1.165, 1.54) is 0 Å². The van der Waals surface area contributed by atoms with Gasteiger partial charge in [-0.25, -0.2) is 0 Å². The lowest BCUT2D eigenvalue weighted by molar-refractivity contribution is -0.136. The Balaban J connectivity index is 1.30. The number of aromatic nitrogens is 2. The number of nitriles is 2. The third-order valence-electron chi connectivity index (χ3n) is 7.73. The van der Waals surface area contributed by atoms with E-state index in [0.717, 1.165) is 61.5 Å². The Morgan fingerprint density at radius 2 is 1.52 bits per heavy atom. The molecular weight excluding hydrogens is 504 g/mol. The van der Waals surface area contributed by atoms with E-state index in [0.29, 0.717) is 42.8 Å². The highest BCUT2D eigenvalue weighted by atomic mass is 16.5. The predicted molar refractivity (Wildman–Crippen MR) is 150 cm³/mol. The largest absolute Gasteiger partial charge is 0.382 e. The number of carbonyl (C=O) groups is 1. The molecule has 2 atom stereocenters. The molecular formula is C31H34N6O3. The number of piperidine rings is 2. The second-order valence-corrected chi connectivity index (χ2v) is 10.6. The van der Waals surface area contributed by atoms with Gasteiger partial charge in [-0.3, -0.25) is 9.48 Å². The second kappa shape index (κ2) is 12.9. The first-order chi connectivity index (χ1) is 19.6. The Hall–Kier alpha value is -4.02. The fourth-order valence-electron chi connectivity index (χ4n) is 5.89. The van der Waals surface area contributed by atoms with Crippen LogP contribution in [-0.2, 0) is 20.8 Å². The van der Waals surface area contributed by atoms with Crippen LogP contribution in [0.1, 0.15) is 17.5 Å². The summed E-state index contributed by atoms with van der Waals surface area (Å²) in [5.74, 6) is 0.982. The second-order valence-electron chi connectivity index (χ2n) is 10.6. The van der Waals surface area contributed by atoms with Crippen molar-refractivity contribution in [3.8, 4) is 34.5 Å². The molecule has 2 aliphatic rings. The molecule has 0 aliphatic carbocycles. The molecule has 2 unspecified atom stereocenters. The number of hydrogen-bond donors (Lipinski definition) is 0. The van der Waals surface area contributed by atoms with Crippen LogP contribution in [0.25, 0.3) is 22.4 Å². The van der Waals surface area contributed by atoms with E-state index in [2.05, 4.69) is 22.1 Å². The number of methoxy groups -OCH3 is 1. The Labute approximate surface area is 235 Å². The highest BCUT2D eigenvalue weighted by Crippen LogP contribution is 2.33. The molecule has 9 nitrogen and oxygen atoms in total. The first-order valence-electron chi connectivity index (χ1n) is 13.7. The molecule has 0 spiro atoms. The van der Waals surface area contributed by atoms with Crippen molar-refractivity contribution >= 4 is 5.91 Å². The number of amides is 1. The Morgan fingerprint density at radius 3 is 2.12 bits per heavy atom. The summed E-state index contributed by atoms with van der Waals surface area (Å²) < 4.78 is 12.5. The molecule has 3 heterocycles. The minimum Gasteiger partial charge on any atom is -0.382 e. The summed E-state index contributed by atoms with van der Waals surface area (Å²) >= 11 is 0. The van der Waals surface area contributed by atoms with E-state index in [4.69, 9.17) is 9.47 Å². The van der Waals surface area contributed by atoms with Crippen molar-refractivity contribution < 1.29 is 14.3 Å². The van der Waals surface area contributed by atoms with Gasteiger partial charge in [0.05, 0.1) is 55.0 Å². The zero-order valence-corrected chi connectivity index (χ0v) is 22.8. The van der Waals surface area contributed by atoms with Gasteiger partial charge in [0.15, 0.2) is 0 Å². The fourth-order valence-corrected chi connectivity index (χ4v) is 5.89.